The number of nitrogen functional groups attached to an aromatic ring is 1. The molecule has 1 aromatic heterocycles. The molecule has 5 heteroatoms. The molecule has 0 saturated heterocycles. The van der Waals surface area contributed by atoms with Crippen LogP contribution in [0.2, 0.25) is 0 Å². The zero-order chi connectivity index (χ0) is 9.97. The van der Waals surface area contributed by atoms with Crippen LogP contribution >= 0.6 is 0 Å². The van der Waals surface area contributed by atoms with Crippen molar-refractivity contribution in [3.63, 3.8) is 0 Å². The average molecular weight is 194 g/mol. The second-order valence-corrected chi connectivity index (χ2v) is 3.58. The molecule has 2 rings (SSSR count). The number of hydrogen-bond donors (Lipinski definition) is 3. The summed E-state index contributed by atoms with van der Waals surface area (Å²) in [5, 5.41) is 12.7. The summed E-state index contributed by atoms with van der Waals surface area (Å²) in [6.07, 6.45) is 4.04. The Morgan fingerprint density at radius 1 is 1.43 bits per heavy atom. The van der Waals surface area contributed by atoms with E-state index >= 15 is 0 Å². The lowest BCUT2D eigenvalue weighted by atomic mass is 10.2. The first kappa shape index (κ1) is 9.21. The van der Waals surface area contributed by atoms with Gasteiger partial charge in [0, 0.05) is 6.07 Å². The molecule has 0 amide bonds. The third-order valence-corrected chi connectivity index (χ3v) is 2.50. The van der Waals surface area contributed by atoms with E-state index < -0.39 is 0 Å². The summed E-state index contributed by atoms with van der Waals surface area (Å²) in [5.74, 6) is 1.12. The molecule has 1 saturated carbocycles. The van der Waals surface area contributed by atoms with Crippen LogP contribution < -0.4 is 11.1 Å². The molecule has 5 nitrogen and oxygen atoms in total. The number of hydrogen-bond acceptors (Lipinski definition) is 5. The normalized spacial score (nSPS) is 26.4. The van der Waals surface area contributed by atoms with Gasteiger partial charge in [-0.25, -0.2) is 9.97 Å². The molecule has 0 spiro atoms. The minimum Gasteiger partial charge on any atom is -0.391 e. The van der Waals surface area contributed by atoms with Crippen molar-refractivity contribution in [1.29, 1.82) is 0 Å². The number of nitrogens with zero attached hydrogens (tertiary/aromatic N) is 2. The number of nitrogens with one attached hydrogen (secondary N) is 1. The van der Waals surface area contributed by atoms with Gasteiger partial charge in [-0.05, 0) is 19.3 Å². The second kappa shape index (κ2) is 3.79. The monoisotopic (exact) mass is 194 g/mol. The van der Waals surface area contributed by atoms with Crippen molar-refractivity contribution in [1.82, 2.24) is 9.97 Å². The summed E-state index contributed by atoms with van der Waals surface area (Å²) >= 11 is 0. The number of rotatable bonds is 2. The first-order valence-electron chi connectivity index (χ1n) is 4.78. The van der Waals surface area contributed by atoms with Crippen LogP contribution in [0.4, 0.5) is 11.6 Å². The largest absolute Gasteiger partial charge is 0.391 e. The highest BCUT2D eigenvalue weighted by Crippen LogP contribution is 2.22. The van der Waals surface area contributed by atoms with E-state index in [1.54, 1.807) is 6.07 Å². The second-order valence-electron chi connectivity index (χ2n) is 3.58. The number of anilines is 2. The predicted octanol–water partition coefficient (Wildman–Crippen LogP) is 0.384. The van der Waals surface area contributed by atoms with Crippen molar-refractivity contribution >= 4 is 11.6 Å². The lowest BCUT2D eigenvalue weighted by Crippen LogP contribution is -2.28. The predicted molar refractivity (Wildman–Crippen MR) is 53.7 cm³/mol. The van der Waals surface area contributed by atoms with Crippen LogP contribution in [0, 0.1) is 0 Å². The van der Waals surface area contributed by atoms with Gasteiger partial charge in [0.05, 0.1) is 12.1 Å². The fourth-order valence-corrected chi connectivity index (χ4v) is 1.75. The molecule has 1 heterocycles. The van der Waals surface area contributed by atoms with Crippen LogP contribution in [-0.4, -0.2) is 27.2 Å². The highest BCUT2D eigenvalue weighted by atomic mass is 16.3. The molecule has 2 atom stereocenters. The summed E-state index contributed by atoms with van der Waals surface area (Å²) in [4.78, 5) is 7.82. The molecule has 0 aromatic carbocycles. The Hall–Kier alpha value is -1.36. The van der Waals surface area contributed by atoms with E-state index in [1.165, 1.54) is 6.33 Å². The molecule has 0 aliphatic heterocycles. The molecule has 4 N–H and O–H groups in total. The topological polar surface area (TPSA) is 84.1 Å². The van der Waals surface area contributed by atoms with Gasteiger partial charge in [-0.3, -0.25) is 0 Å². The van der Waals surface area contributed by atoms with E-state index in [1.807, 2.05) is 0 Å². The lowest BCUT2D eigenvalue weighted by molar-refractivity contribution is 0.171. The first-order valence-corrected chi connectivity index (χ1v) is 4.78. The van der Waals surface area contributed by atoms with Crippen molar-refractivity contribution in [2.45, 2.75) is 31.4 Å². The SMILES string of the molecule is Nc1cc(N[C@H]2CCC[C@@H]2O)ncn1. The summed E-state index contributed by atoms with van der Waals surface area (Å²) in [5.41, 5.74) is 5.51. The maximum absolute atomic E-state index is 9.58. The van der Waals surface area contributed by atoms with Crippen molar-refractivity contribution in [3.8, 4) is 0 Å². The average Bonchev–Trinajstić information content (AvgIpc) is 2.52. The van der Waals surface area contributed by atoms with Gasteiger partial charge in [0.25, 0.3) is 0 Å². The number of nitrogens with two attached hydrogens (primary N) is 1. The Kier molecular flexibility index (Phi) is 2.49. The number of aliphatic hydroxyl groups is 1. The molecular formula is C9H14N4O. The maximum atomic E-state index is 9.58. The number of aliphatic hydroxyl groups excluding tert-OH is 1. The molecule has 1 aromatic rings. The van der Waals surface area contributed by atoms with Gasteiger partial charge in [0.2, 0.25) is 0 Å². The van der Waals surface area contributed by atoms with Gasteiger partial charge >= 0.3 is 0 Å². The van der Waals surface area contributed by atoms with E-state index in [4.69, 9.17) is 5.73 Å². The van der Waals surface area contributed by atoms with Crippen LogP contribution in [-0.2, 0) is 0 Å². The minimum absolute atomic E-state index is 0.101. The van der Waals surface area contributed by atoms with Gasteiger partial charge in [-0.1, -0.05) is 0 Å². The van der Waals surface area contributed by atoms with E-state index in [0.717, 1.165) is 19.3 Å². The fourth-order valence-electron chi connectivity index (χ4n) is 1.75. The van der Waals surface area contributed by atoms with Gasteiger partial charge in [0.15, 0.2) is 0 Å². The molecular weight excluding hydrogens is 180 g/mol. The maximum Gasteiger partial charge on any atom is 0.131 e. The van der Waals surface area contributed by atoms with Gasteiger partial charge < -0.3 is 16.2 Å². The first-order chi connectivity index (χ1) is 6.75. The Morgan fingerprint density at radius 3 is 2.93 bits per heavy atom. The molecule has 0 unspecified atom stereocenters. The summed E-state index contributed by atoms with van der Waals surface area (Å²) in [6, 6.07) is 1.77. The van der Waals surface area contributed by atoms with E-state index in [-0.39, 0.29) is 12.1 Å². The third-order valence-electron chi connectivity index (χ3n) is 2.50. The summed E-state index contributed by atoms with van der Waals surface area (Å²) in [7, 11) is 0. The molecule has 1 aliphatic rings. The van der Waals surface area contributed by atoms with Gasteiger partial charge in [-0.15, -0.1) is 0 Å². The molecule has 1 aliphatic carbocycles. The molecule has 0 bridgehead atoms. The van der Waals surface area contributed by atoms with Crippen LogP contribution in [0.25, 0.3) is 0 Å². The Balaban J connectivity index is 2.03. The highest BCUT2D eigenvalue weighted by molar-refractivity contribution is 5.44. The highest BCUT2D eigenvalue weighted by Gasteiger charge is 2.25. The molecule has 0 radical (unpaired) electrons. The van der Waals surface area contributed by atoms with E-state index in [0.29, 0.717) is 11.6 Å². The zero-order valence-corrected chi connectivity index (χ0v) is 7.85. The van der Waals surface area contributed by atoms with E-state index in [2.05, 4.69) is 15.3 Å². The third kappa shape index (κ3) is 1.93. The van der Waals surface area contributed by atoms with Crippen molar-refractivity contribution in [3.05, 3.63) is 12.4 Å². The van der Waals surface area contributed by atoms with E-state index in [9.17, 15) is 5.11 Å². The van der Waals surface area contributed by atoms with Crippen molar-refractivity contribution in [2.75, 3.05) is 11.1 Å². The number of aromatic nitrogens is 2. The van der Waals surface area contributed by atoms with Crippen LogP contribution in [0.1, 0.15) is 19.3 Å². The standard InChI is InChI=1S/C9H14N4O/c10-8-4-9(12-5-11-8)13-6-2-1-3-7(6)14/h4-7,14H,1-3H2,(H3,10,11,12,13)/t6-,7-/m0/s1. The zero-order valence-electron chi connectivity index (χ0n) is 7.85. The fraction of sp³-hybridized carbons (Fsp3) is 0.556. The van der Waals surface area contributed by atoms with Crippen LogP contribution in [0.5, 0.6) is 0 Å². The van der Waals surface area contributed by atoms with Gasteiger partial charge in [0.1, 0.15) is 18.0 Å². The minimum atomic E-state index is -0.272. The summed E-state index contributed by atoms with van der Waals surface area (Å²) in [6.45, 7) is 0. The Labute approximate surface area is 82.4 Å². The van der Waals surface area contributed by atoms with Crippen LogP contribution in [0.3, 0.4) is 0 Å². The van der Waals surface area contributed by atoms with Gasteiger partial charge in [-0.2, -0.15) is 0 Å². The smallest absolute Gasteiger partial charge is 0.131 e. The van der Waals surface area contributed by atoms with Crippen molar-refractivity contribution in [2.24, 2.45) is 0 Å². The lowest BCUT2D eigenvalue weighted by Gasteiger charge is -2.16. The molecule has 1 fully saturated rings. The summed E-state index contributed by atoms with van der Waals surface area (Å²) < 4.78 is 0. The van der Waals surface area contributed by atoms with Crippen LogP contribution in [0.15, 0.2) is 12.4 Å². The Morgan fingerprint density at radius 2 is 2.29 bits per heavy atom. The quantitative estimate of drug-likeness (QED) is 0.634. The molecule has 76 valence electrons. The van der Waals surface area contributed by atoms with Crippen molar-refractivity contribution < 1.29 is 5.11 Å². The Bertz CT molecular complexity index is 317. The molecule has 14 heavy (non-hydrogen) atoms.